The number of rotatable bonds is 8. The van der Waals surface area contributed by atoms with Gasteiger partial charge in [0, 0.05) is 24.5 Å². The molecule has 0 bridgehead atoms. The molecule has 1 amide bonds. The van der Waals surface area contributed by atoms with Crippen molar-refractivity contribution in [3.63, 3.8) is 0 Å². The van der Waals surface area contributed by atoms with Gasteiger partial charge in [-0.3, -0.25) is 4.79 Å². The molecule has 1 N–H and O–H groups in total. The molecular weight excluding hydrogens is 361 g/mol. The summed E-state index contributed by atoms with van der Waals surface area (Å²) < 4.78 is 27.0. The van der Waals surface area contributed by atoms with Crippen LogP contribution >= 0.6 is 0 Å². The molecule has 0 aliphatic rings. The van der Waals surface area contributed by atoms with Gasteiger partial charge in [-0.1, -0.05) is 6.07 Å². The monoisotopic (exact) mass is 383 g/mol. The van der Waals surface area contributed by atoms with Gasteiger partial charge in [0.25, 0.3) is 5.91 Å². The Balaban J connectivity index is 1.68. The van der Waals surface area contributed by atoms with Crippen LogP contribution < -0.4 is 14.8 Å². The number of aromatic nitrogens is 2. The lowest BCUT2D eigenvalue weighted by atomic mass is 10.1. The first-order valence-electron chi connectivity index (χ1n) is 9.07. The molecule has 3 rings (SSSR count). The number of nitrogens with one attached hydrogen (secondary N) is 1. The van der Waals surface area contributed by atoms with E-state index >= 15 is 0 Å². The van der Waals surface area contributed by atoms with Gasteiger partial charge in [0.1, 0.15) is 5.82 Å². The largest absolute Gasteiger partial charge is 0.490 e. The zero-order valence-electron chi connectivity index (χ0n) is 15.8. The second-order valence-corrected chi connectivity index (χ2v) is 5.97. The second-order valence-electron chi connectivity index (χ2n) is 5.97. The molecule has 1 aromatic heterocycles. The number of carbonyl (C=O) groups is 1. The van der Waals surface area contributed by atoms with E-state index in [9.17, 15) is 9.18 Å². The van der Waals surface area contributed by atoms with Crippen molar-refractivity contribution < 1.29 is 18.7 Å². The van der Waals surface area contributed by atoms with Crippen molar-refractivity contribution in [2.24, 2.45) is 0 Å². The summed E-state index contributed by atoms with van der Waals surface area (Å²) in [4.78, 5) is 16.4. The molecule has 0 radical (unpaired) electrons. The topological polar surface area (TPSA) is 65.4 Å². The van der Waals surface area contributed by atoms with Gasteiger partial charge >= 0.3 is 0 Å². The highest BCUT2D eigenvalue weighted by Gasteiger charge is 2.12. The summed E-state index contributed by atoms with van der Waals surface area (Å²) in [5.74, 6) is 0.457. The fourth-order valence-corrected chi connectivity index (χ4v) is 2.75. The van der Waals surface area contributed by atoms with Crippen molar-refractivity contribution in [2.45, 2.75) is 20.4 Å². The molecule has 0 unspecified atom stereocenters. The number of ether oxygens (including phenoxy) is 2. The number of carbonyl (C=O) groups excluding carboxylic acids is 1. The maximum Gasteiger partial charge on any atom is 0.251 e. The number of halogens is 1. The number of amides is 1. The van der Waals surface area contributed by atoms with Crippen LogP contribution in [-0.2, 0) is 6.54 Å². The standard InChI is InChI=1S/C21H22FN3O3/c1-3-27-19-8-6-16(12-20(19)28-4-2)21(26)24-13-15-5-7-18(17(22)11-15)25-10-9-23-14-25/h5-12,14H,3-4,13H2,1-2H3,(H,24,26). The quantitative estimate of drug-likeness (QED) is 0.644. The Morgan fingerprint density at radius 1 is 1.11 bits per heavy atom. The molecule has 0 aliphatic heterocycles. The number of imidazole rings is 1. The molecular formula is C21H22FN3O3. The Morgan fingerprint density at radius 3 is 2.57 bits per heavy atom. The Morgan fingerprint density at radius 2 is 1.89 bits per heavy atom. The first-order valence-corrected chi connectivity index (χ1v) is 9.07. The second kappa shape index (κ2) is 9.03. The summed E-state index contributed by atoms with van der Waals surface area (Å²) in [6.07, 6.45) is 4.78. The molecule has 1 heterocycles. The van der Waals surface area contributed by atoms with Gasteiger partial charge in [-0.2, -0.15) is 0 Å². The SMILES string of the molecule is CCOc1ccc(C(=O)NCc2ccc(-n3ccnc3)c(F)c2)cc1OCC. The molecule has 3 aromatic rings. The highest BCUT2D eigenvalue weighted by atomic mass is 19.1. The van der Waals surface area contributed by atoms with Gasteiger partial charge in [-0.05, 0) is 49.7 Å². The number of benzene rings is 2. The molecule has 0 aliphatic carbocycles. The van der Waals surface area contributed by atoms with Crippen LogP contribution in [-0.4, -0.2) is 28.7 Å². The number of hydrogen-bond acceptors (Lipinski definition) is 4. The lowest BCUT2D eigenvalue weighted by Crippen LogP contribution is -2.23. The number of hydrogen-bond donors (Lipinski definition) is 1. The van der Waals surface area contributed by atoms with Crippen LogP contribution in [0.3, 0.4) is 0 Å². The van der Waals surface area contributed by atoms with E-state index in [2.05, 4.69) is 10.3 Å². The lowest BCUT2D eigenvalue weighted by Gasteiger charge is -2.13. The summed E-state index contributed by atoms with van der Waals surface area (Å²) in [7, 11) is 0. The molecule has 146 valence electrons. The normalized spacial score (nSPS) is 10.5. The Bertz CT molecular complexity index is 942. The van der Waals surface area contributed by atoms with Crippen molar-refractivity contribution in [1.82, 2.24) is 14.9 Å². The van der Waals surface area contributed by atoms with E-state index < -0.39 is 0 Å². The van der Waals surface area contributed by atoms with E-state index in [0.29, 0.717) is 41.5 Å². The molecule has 0 saturated heterocycles. The third kappa shape index (κ3) is 4.49. The third-order valence-corrected chi connectivity index (χ3v) is 4.05. The van der Waals surface area contributed by atoms with Crippen LogP contribution in [0.25, 0.3) is 5.69 Å². The molecule has 7 heteroatoms. The van der Waals surface area contributed by atoms with Crippen LogP contribution in [0.2, 0.25) is 0 Å². The summed E-state index contributed by atoms with van der Waals surface area (Å²) in [6.45, 7) is 4.93. The predicted octanol–water partition coefficient (Wildman–Crippen LogP) is 3.74. The van der Waals surface area contributed by atoms with Crippen LogP contribution in [0.4, 0.5) is 4.39 Å². The minimum Gasteiger partial charge on any atom is -0.490 e. The van der Waals surface area contributed by atoms with E-state index in [-0.39, 0.29) is 18.3 Å². The first kappa shape index (κ1) is 19.4. The summed E-state index contributed by atoms with van der Waals surface area (Å²) in [5.41, 5.74) is 1.51. The maximum absolute atomic E-state index is 14.3. The lowest BCUT2D eigenvalue weighted by molar-refractivity contribution is 0.0950. The van der Waals surface area contributed by atoms with Crippen molar-refractivity contribution in [1.29, 1.82) is 0 Å². The van der Waals surface area contributed by atoms with Gasteiger partial charge < -0.3 is 19.4 Å². The molecule has 0 fully saturated rings. The van der Waals surface area contributed by atoms with Crippen molar-refractivity contribution in [2.75, 3.05) is 13.2 Å². The summed E-state index contributed by atoms with van der Waals surface area (Å²) in [5, 5.41) is 2.80. The molecule has 0 atom stereocenters. The molecule has 0 saturated carbocycles. The maximum atomic E-state index is 14.3. The first-order chi connectivity index (χ1) is 13.6. The molecule has 0 spiro atoms. The van der Waals surface area contributed by atoms with Gasteiger partial charge in [0.2, 0.25) is 0 Å². The van der Waals surface area contributed by atoms with Gasteiger partial charge in [-0.25, -0.2) is 9.37 Å². The summed E-state index contributed by atoms with van der Waals surface area (Å²) >= 11 is 0. The average molecular weight is 383 g/mol. The highest BCUT2D eigenvalue weighted by molar-refractivity contribution is 5.94. The van der Waals surface area contributed by atoms with E-state index in [1.165, 1.54) is 12.4 Å². The smallest absolute Gasteiger partial charge is 0.251 e. The minimum atomic E-state index is -0.385. The van der Waals surface area contributed by atoms with E-state index in [0.717, 1.165) is 0 Å². The number of nitrogens with zero attached hydrogens (tertiary/aromatic N) is 2. The zero-order valence-corrected chi connectivity index (χ0v) is 15.8. The van der Waals surface area contributed by atoms with Crippen LogP contribution in [0.1, 0.15) is 29.8 Å². The van der Waals surface area contributed by atoms with Gasteiger partial charge in [0.05, 0.1) is 25.2 Å². The van der Waals surface area contributed by atoms with Crippen LogP contribution in [0.15, 0.2) is 55.1 Å². The minimum absolute atomic E-state index is 0.205. The van der Waals surface area contributed by atoms with Crippen molar-refractivity contribution >= 4 is 5.91 Å². The Kier molecular flexibility index (Phi) is 6.26. The average Bonchev–Trinajstić information content (AvgIpc) is 3.22. The third-order valence-electron chi connectivity index (χ3n) is 4.05. The van der Waals surface area contributed by atoms with Crippen molar-refractivity contribution in [3.05, 3.63) is 72.1 Å². The zero-order chi connectivity index (χ0) is 19.9. The fourth-order valence-electron chi connectivity index (χ4n) is 2.75. The summed E-state index contributed by atoms with van der Waals surface area (Å²) in [6, 6.07) is 9.85. The molecule has 6 nitrogen and oxygen atoms in total. The van der Waals surface area contributed by atoms with Gasteiger partial charge in [0.15, 0.2) is 11.5 Å². The Labute approximate surface area is 162 Å². The predicted molar refractivity (Wildman–Crippen MR) is 103 cm³/mol. The molecule has 2 aromatic carbocycles. The van der Waals surface area contributed by atoms with E-state index in [1.807, 2.05) is 13.8 Å². The van der Waals surface area contributed by atoms with Crippen molar-refractivity contribution in [3.8, 4) is 17.2 Å². The van der Waals surface area contributed by atoms with Crippen LogP contribution in [0, 0.1) is 5.82 Å². The van der Waals surface area contributed by atoms with E-state index in [4.69, 9.17) is 9.47 Å². The van der Waals surface area contributed by atoms with E-state index in [1.54, 1.807) is 47.3 Å². The Hall–Kier alpha value is -3.35. The fraction of sp³-hybridized carbons (Fsp3) is 0.238. The highest BCUT2D eigenvalue weighted by Crippen LogP contribution is 2.28. The molecule has 28 heavy (non-hydrogen) atoms. The van der Waals surface area contributed by atoms with Crippen LogP contribution in [0.5, 0.6) is 11.5 Å². The van der Waals surface area contributed by atoms with Gasteiger partial charge in [-0.15, -0.1) is 0 Å².